The summed E-state index contributed by atoms with van der Waals surface area (Å²) in [5.74, 6) is -1.84. The van der Waals surface area contributed by atoms with Crippen molar-refractivity contribution >= 4 is 0 Å². The summed E-state index contributed by atoms with van der Waals surface area (Å²) in [6, 6.07) is 0. The van der Waals surface area contributed by atoms with Gasteiger partial charge in [-0.1, -0.05) is 13.3 Å². The number of hydrogen-bond donors (Lipinski definition) is 4. The van der Waals surface area contributed by atoms with Crippen molar-refractivity contribution < 1.29 is 24.9 Å². The molecule has 16 heavy (non-hydrogen) atoms. The van der Waals surface area contributed by atoms with E-state index < -0.39 is 24.1 Å². The molecule has 1 aliphatic heterocycles. The third kappa shape index (κ3) is 3.13. The second kappa shape index (κ2) is 5.90. The molecule has 1 saturated heterocycles. The molecular formula is C10H21NO5. The molecule has 6 heteroatoms. The second-order valence-electron chi connectivity index (χ2n) is 4.14. The highest BCUT2D eigenvalue weighted by atomic mass is 16.7. The number of aliphatic hydroxyl groups excluding tert-OH is 2. The molecule has 0 saturated carbocycles. The van der Waals surface area contributed by atoms with Gasteiger partial charge in [-0.3, -0.25) is 4.84 Å². The lowest BCUT2D eigenvalue weighted by Gasteiger charge is -2.25. The van der Waals surface area contributed by atoms with Crippen molar-refractivity contribution in [3.05, 3.63) is 0 Å². The summed E-state index contributed by atoms with van der Waals surface area (Å²) in [6.45, 7) is 4.08. The van der Waals surface area contributed by atoms with E-state index in [9.17, 15) is 15.3 Å². The Kier molecular flexibility index (Phi) is 5.10. The Hall–Kier alpha value is -0.240. The van der Waals surface area contributed by atoms with Gasteiger partial charge in [-0.05, 0) is 13.3 Å². The highest BCUT2D eigenvalue weighted by Crippen LogP contribution is 2.28. The van der Waals surface area contributed by atoms with Crippen LogP contribution in [0, 0.1) is 0 Å². The van der Waals surface area contributed by atoms with Crippen molar-refractivity contribution in [3.8, 4) is 0 Å². The maximum atomic E-state index is 9.86. The first-order chi connectivity index (χ1) is 7.51. The van der Waals surface area contributed by atoms with Crippen LogP contribution >= 0.6 is 0 Å². The average molecular weight is 235 g/mol. The van der Waals surface area contributed by atoms with E-state index in [4.69, 9.17) is 9.57 Å². The van der Waals surface area contributed by atoms with Gasteiger partial charge in [0, 0.05) is 6.54 Å². The van der Waals surface area contributed by atoms with Gasteiger partial charge in [0.15, 0.2) is 0 Å². The number of rotatable bonds is 6. The molecular weight excluding hydrogens is 214 g/mol. The molecule has 4 atom stereocenters. The van der Waals surface area contributed by atoms with Crippen LogP contribution in [0.15, 0.2) is 0 Å². The van der Waals surface area contributed by atoms with Crippen LogP contribution in [0.4, 0.5) is 0 Å². The summed E-state index contributed by atoms with van der Waals surface area (Å²) < 4.78 is 5.07. The van der Waals surface area contributed by atoms with Crippen molar-refractivity contribution in [3.63, 3.8) is 0 Å². The number of aliphatic hydroxyl groups is 3. The number of hydroxylamine groups is 1. The van der Waals surface area contributed by atoms with Crippen LogP contribution < -0.4 is 5.48 Å². The predicted molar refractivity (Wildman–Crippen MR) is 56.4 cm³/mol. The van der Waals surface area contributed by atoms with Gasteiger partial charge in [0.25, 0.3) is 0 Å². The van der Waals surface area contributed by atoms with Gasteiger partial charge in [-0.2, -0.15) is 0 Å². The Labute approximate surface area is 95.1 Å². The van der Waals surface area contributed by atoms with E-state index >= 15 is 0 Å². The molecule has 6 nitrogen and oxygen atoms in total. The van der Waals surface area contributed by atoms with Crippen LogP contribution in [0.2, 0.25) is 0 Å². The van der Waals surface area contributed by atoms with E-state index in [1.54, 1.807) is 6.92 Å². The molecule has 4 N–H and O–H groups in total. The molecule has 1 fully saturated rings. The molecule has 0 amide bonds. The Morgan fingerprint density at radius 3 is 2.62 bits per heavy atom. The minimum absolute atomic E-state index is 0.223. The van der Waals surface area contributed by atoms with Gasteiger partial charge in [0.05, 0.1) is 6.10 Å². The van der Waals surface area contributed by atoms with Crippen LogP contribution in [0.3, 0.4) is 0 Å². The van der Waals surface area contributed by atoms with Crippen molar-refractivity contribution in [1.82, 2.24) is 5.48 Å². The number of unbranched alkanes of at least 4 members (excludes halogenated alkanes) is 1. The van der Waals surface area contributed by atoms with Gasteiger partial charge in [-0.15, -0.1) is 0 Å². The molecule has 1 heterocycles. The monoisotopic (exact) mass is 235 g/mol. The maximum Gasteiger partial charge on any atom is 0.221 e. The van der Waals surface area contributed by atoms with E-state index in [2.05, 4.69) is 12.4 Å². The van der Waals surface area contributed by atoms with Gasteiger partial charge < -0.3 is 20.1 Å². The zero-order chi connectivity index (χ0) is 12.2. The SMILES string of the molecule is CCCCNOC[C@@]1(O)O[C@@H](C)[C@@H](O)[C@@H]1O. The van der Waals surface area contributed by atoms with Gasteiger partial charge in [0.2, 0.25) is 5.79 Å². The Bertz CT molecular complexity index is 215. The average Bonchev–Trinajstić information content (AvgIpc) is 2.43. The third-order valence-corrected chi connectivity index (χ3v) is 2.67. The zero-order valence-corrected chi connectivity index (χ0v) is 9.72. The molecule has 0 radical (unpaired) electrons. The van der Waals surface area contributed by atoms with E-state index in [0.29, 0.717) is 6.54 Å². The van der Waals surface area contributed by atoms with Gasteiger partial charge >= 0.3 is 0 Å². The van der Waals surface area contributed by atoms with E-state index in [-0.39, 0.29) is 6.61 Å². The van der Waals surface area contributed by atoms with Gasteiger partial charge in [-0.25, -0.2) is 5.48 Å². The van der Waals surface area contributed by atoms with Gasteiger partial charge in [0.1, 0.15) is 18.8 Å². The summed E-state index contributed by atoms with van der Waals surface area (Å²) >= 11 is 0. The van der Waals surface area contributed by atoms with Crippen molar-refractivity contribution in [2.75, 3.05) is 13.2 Å². The fraction of sp³-hybridized carbons (Fsp3) is 1.00. The minimum Gasteiger partial charge on any atom is -0.387 e. The Morgan fingerprint density at radius 1 is 1.44 bits per heavy atom. The topological polar surface area (TPSA) is 91.2 Å². The lowest BCUT2D eigenvalue weighted by Crippen LogP contribution is -2.48. The number of ether oxygens (including phenoxy) is 1. The third-order valence-electron chi connectivity index (χ3n) is 2.67. The Balaban J connectivity index is 2.30. The molecule has 96 valence electrons. The van der Waals surface area contributed by atoms with E-state index in [0.717, 1.165) is 12.8 Å². The number of hydrogen-bond acceptors (Lipinski definition) is 6. The lowest BCUT2D eigenvalue weighted by atomic mass is 10.1. The van der Waals surface area contributed by atoms with E-state index in [1.165, 1.54) is 0 Å². The minimum atomic E-state index is -1.84. The highest BCUT2D eigenvalue weighted by Gasteiger charge is 2.52. The molecule has 0 bridgehead atoms. The maximum absolute atomic E-state index is 9.86. The fourth-order valence-corrected chi connectivity index (χ4v) is 1.58. The molecule has 0 aromatic rings. The Morgan fingerprint density at radius 2 is 2.12 bits per heavy atom. The van der Waals surface area contributed by atoms with Crippen LogP contribution in [0.1, 0.15) is 26.7 Å². The fourth-order valence-electron chi connectivity index (χ4n) is 1.58. The summed E-state index contributed by atoms with van der Waals surface area (Å²) in [7, 11) is 0. The van der Waals surface area contributed by atoms with Crippen LogP contribution in [0.25, 0.3) is 0 Å². The van der Waals surface area contributed by atoms with Crippen LogP contribution in [-0.4, -0.2) is 52.6 Å². The first kappa shape index (κ1) is 13.8. The molecule has 1 aliphatic rings. The summed E-state index contributed by atoms with van der Waals surface area (Å²) in [6.07, 6.45) is -1.06. The van der Waals surface area contributed by atoms with Crippen molar-refractivity contribution in [2.24, 2.45) is 0 Å². The molecule has 0 spiro atoms. The lowest BCUT2D eigenvalue weighted by molar-refractivity contribution is -0.259. The quantitative estimate of drug-likeness (QED) is 0.354. The molecule has 0 aliphatic carbocycles. The second-order valence-corrected chi connectivity index (χ2v) is 4.14. The standard InChI is InChI=1S/C10H21NO5/c1-3-4-5-11-15-6-10(14)9(13)8(12)7(2)16-10/h7-9,11-14H,3-6H2,1-2H3/t7-,8+,9-,10+/m0/s1. The first-order valence-electron chi connectivity index (χ1n) is 5.62. The molecule has 1 rings (SSSR count). The summed E-state index contributed by atoms with van der Waals surface area (Å²) in [4.78, 5) is 4.99. The predicted octanol–water partition coefficient (Wildman–Crippen LogP) is -0.863. The smallest absolute Gasteiger partial charge is 0.221 e. The van der Waals surface area contributed by atoms with Crippen molar-refractivity contribution in [1.29, 1.82) is 0 Å². The largest absolute Gasteiger partial charge is 0.387 e. The zero-order valence-electron chi connectivity index (χ0n) is 9.72. The van der Waals surface area contributed by atoms with E-state index in [1.807, 2.05) is 0 Å². The molecule has 0 aromatic heterocycles. The normalized spacial score (nSPS) is 39.2. The first-order valence-corrected chi connectivity index (χ1v) is 5.62. The number of nitrogens with one attached hydrogen (secondary N) is 1. The molecule has 0 unspecified atom stereocenters. The van der Waals surface area contributed by atoms with Crippen molar-refractivity contribution in [2.45, 2.75) is 50.8 Å². The van der Waals surface area contributed by atoms with Crippen LogP contribution in [-0.2, 0) is 9.57 Å². The van der Waals surface area contributed by atoms with Crippen LogP contribution in [0.5, 0.6) is 0 Å². The summed E-state index contributed by atoms with van der Waals surface area (Å²) in [5, 5.41) is 28.8. The highest BCUT2D eigenvalue weighted by molar-refractivity contribution is 4.93. The molecule has 0 aromatic carbocycles. The summed E-state index contributed by atoms with van der Waals surface area (Å²) in [5.41, 5.74) is 2.66.